The first-order valence-electron chi connectivity index (χ1n) is 11.4. The van der Waals surface area contributed by atoms with Crippen molar-refractivity contribution in [2.75, 3.05) is 39.3 Å². The Bertz CT molecular complexity index is 239. The van der Waals surface area contributed by atoms with Crippen molar-refractivity contribution in [3.8, 4) is 0 Å². The Morgan fingerprint density at radius 2 is 0.917 bits per heavy atom. The van der Waals surface area contributed by atoms with Gasteiger partial charge in [-0.3, -0.25) is 0 Å². The lowest BCUT2D eigenvalue weighted by Crippen LogP contribution is -2.59. The summed E-state index contributed by atoms with van der Waals surface area (Å²) in [6.45, 7) is 12.8. The maximum Gasteiger partial charge on any atom is 0.0913 e. The van der Waals surface area contributed by atoms with Gasteiger partial charge in [-0.15, -0.1) is 0 Å². The monoisotopic (exact) mass is 339 g/mol. The predicted octanol–water partition coefficient (Wildman–Crippen LogP) is 5.91. The van der Waals surface area contributed by atoms with Crippen LogP contribution in [0.4, 0.5) is 0 Å². The molecule has 0 spiro atoms. The molecule has 1 fully saturated rings. The van der Waals surface area contributed by atoms with Crippen molar-refractivity contribution < 1.29 is 4.48 Å². The van der Waals surface area contributed by atoms with E-state index >= 15 is 0 Å². The molecule has 144 valence electrons. The zero-order valence-corrected chi connectivity index (χ0v) is 17.1. The van der Waals surface area contributed by atoms with Crippen LogP contribution in [0.2, 0.25) is 0 Å². The van der Waals surface area contributed by atoms with Crippen LogP contribution in [0.25, 0.3) is 0 Å². The van der Waals surface area contributed by atoms with E-state index in [1.807, 2.05) is 0 Å². The highest BCUT2D eigenvalue weighted by atomic mass is 15.4. The molecule has 0 bridgehead atoms. The highest BCUT2D eigenvalue weighted by Crippen LogP contribution is 2.17. The summed E-state index contributed by atoms with van der Waals surface area (Å²) in [5, 5.41) is 3.57. The summed E-state index contributed by atoms with van der Waals surface area (Å²) in [5.41, 5.74) is 0. The largest absolute Gasteiger partial charge is 0.322 e. The Labute approximate surface area is 153 Å². The minimum absolute atomic E-state index is 1.24. The average Bonchev–Trinajstić information content (AvgIpc) is 2.61. The molecule has 0 radical (unpaired) electrons. The van der Waals surface area contributed by atoms with Gasteiger partial charge in [0.25, 0.3) is 0 Å². The van der Waals surface area contributed by atoms with Crippen LogP contribution in [0.15, 0.2) is 0 Å². The van der Waals surface area contributed by atoms with Crippen LogP contribution in [0.1, 0.15) is 104 Å². The van der Waals surface area contributed by atoms with Gasteiger partial charge in [0.2, 0.25) is 0 Å². The van der Waals surface area contributed by atoms with Crippen molar-refractivity contribution in [1.82, 2.24) is 5.32 Å². The van der Waals surface area contributed by atoms with Crippen molar-refractivity contribution in [2.45, 2.75) is 104 Å². The van der Waals surface area contributed by atoms with E-state index in [2.05, 4.69) is 19.2 Å². The average molecular weight is 340 g/mol. The Hall–Kier alpha value is -0.0800. The molecule has 1 saturated heterocycles. The summed E-state index contributed by atoms with van der Waals surface area (Å²) in [6.07, 6.45) is 20.2. The molecule has 1 aliphatic heterocycles. The fourth-order valence-electron chi connectivity index (χ4n) is 4.24. The molecule has 0 aliphatic carbocycles. The quantitative estimate of drug-likeness (QED) is 0.272. The van der Waals surface area contributed by atoms with Crippen LogP contribution >= 0.6 is 0 Å². The second-order valence-electron chi connectivity index (χ2n) is 8.23. The third-order valence-electron chi connectivity index (χ3n) is 6.00. The number of unbranched alkanes of at least 4 members (excludes halogenated alkanes) is 12. The summed E-state index contributed by atoms with van der Waals surface area (Å²) < 4.78 is 1.43. The zero-order valence-electron chi connectivity index (χ0n) is 17.1. The van der Waals surface area contributed by atoms with E-state index in [-0.39, 0.29) is 0 Å². The topological polar surface area (TPSA) is 12.0 Å². The van der Waals surface area contributed by atoms with E-state index < -0.39 is 0 Å². The van der Waals surface area contributed by atoms with Crippen LogP contribution in [0, 0.1) is 0 Å². The Balaban J connectivity index is 2.12. The maximum atomic E-state index is 3.57. The number of nitrogens with zero attached hydrogens (tertiary/aromatic N) is 1. The van der Waals surface area contributed by atoms with Crippen molar-refractivity contribution in [1.29, 1.82) is 0 Å². The van der Waals surface area contributed by atoms with Gasteiger partial charge in [-0.1, -0.05) is 78.1 Å². The van der Waals surface area contributed by atoms with Crippen LogP contribution in [0.5, 0.6) is 0 Å². The normalized spacial score (nSPS) is 17.2. The molecule has 2 heteroatoms. The molecule has 2 nitrogen and oxygen atoms in total. The Kier molecular flexibility index (Phi) is 13.9. The van der Waals surface area contributed by atoms with Crippen LogP contribution in [-0.2, 0) is 0 Å². The number of hydrogen-bond donors (Lipinski definition) is 1. The zero-order chi connectivity index (χ0) is 17.3. The van der Waals surface area contributed by atoms with E-state index in [1.54, 1.807) is 0 Å². The van der Waals surface area contributed by atoms with Gasteiger partial charge < -0.3 is 9.80 Å². The second kappa shape index (κ2) is 15.2. The van der Waals surface area contributed by atoms with E-state index in [9.17, 15) is 0 Å². The maximum absolute atomic E-state index is 3.57. The van der Waals surface area contributed by atoms with Crippen LogP contribution in [-0.4, -0.2) is 43.8 Å². The third-order valence-corrected chi connectivity index (χ3v) is 6.00. The summed E-state index contributed by atoms with van der Waals surface area (Å²) in [7, 11) is 0. The number of hydrogen-bond acceptors (Lipinski definition) is 1. The molecule has 0 aromatic carbocycles. The lowest BCUT2D eigenvalue weighted by atomic mass is 10.1. The number of rotatable bonds is 16. The smallest absolute Gasteiger partial charge is 0.0913 e. The van der Waals surface area contributed by atoms with Crippen molar-refractivity contribution in [3.63, 3.8) is 0 Å². The van der Waals surface area contributed by atoms with Gasteiger partial charge >= 0.3 is 0 Å². The van der Waals surface area contributed by atoms with Gasteiger partial charge in [0.15, 0.2) is 0 Å². The molecule has 1 heterocycles. The lowest BCUT2D eigenvalue weighted by molar-refractivity contribution is -0.930. The van der Waals surface area contributed by atoms with Crippen molar-refractivity contribution in [3.05, 3.63) is 0 Å². The molecule has 24 heavy (non-hydrogen) atoms. The number of piperazine rings is 1. The number of nitrogens with one attached hydrogen (secondary N) is 1. The minimum atomic E-state index is 1.24. The highest BCUT2D eigenvalue weighted by molar-refractivity contribution is 4.59. The molecule has 0 aromatic heterocycles. The summed E-state index contributed by atoms with van der Waals surface area (Å²) in [5.74, 6) is 0. The molecule has 0 atom stereocenters. The third kappa shape index (κ3) is 10.7. The SMILES string of the molecule is CCCCCCCCC[N+]1(CCCCCCCCC)CCNCC1. The predicted molar refractivity (Wildman–Crippen MR) is 109 cm³/mol. The van der Waals surface area contributed by atoms with Gasteiger partial charge in [0.05, 0.1) is 26.2 Å². The second-order valence-corrected chi connectivity index (χ2v) is 8.23. The van der Waals surface area contributed by atoms with Crippen LogP contribution in [0.3, 0.4) is 0 Å². The molecular weight excluding hydrogens is 292 g/mol. The van der Waals surface area contributed by atoms with Gasteiger partial charge in [0, 0.05) is 13.1 Å². The molecule has 1 rings (SSSR count). The molecule has 0 unspecified atom stereocenters. The first-order valence-corrected chi connectivity index (χ1v) is 11.4. The first-order chi connectivity index (χ1) is 11.8. The van der Waals surface area contributed by atoms with Crippen molar-refractivity contribution in [2.24, 2.45) is 0 Å². The molecule has 0 saturated carbocycles. The molecule has 1 aliphatic rings. The Morgan fingerprint density at radius 3 is 1.33 bits per heavy atom. The van der Waals surface area contributed by atoms with E-state index in [0.717, 1.165) is 0 Å². The number of quaternary nitrogens is 1. The molecule has 0 amide bonds. The first kappa shape index (κ1) is 22.0. The highest BCUT2D eigenvalue weighted by Gasteiger charge is 2.28. The van der Waals surface area contributed by atoms with E-state index in [4.69, 9.17) is 0 Å². The van der Waals surface area contributed by atoms with Gasteiger partial charge in [-0.2, -0.15) is 0 Å². The summed E-state index contributed by atoms with van der Waals surface area (Å²) in [4.78, 5) is 0. The Morgan fingerprint density at radius 1 is 0.542 bits per heavy atom. The van der Waals surface area contributed by atoms with Gasteiger partial charge in [-0.25, -0.2) is 0 Å². The fourth-order valence-corrected chi connectivity index (χ4v) is 4.24. The van der Waals surface area contributed by atoms with Gasteiger partial charge in [0.1, 0.15) is 0 Å². The van der Waals surface area contributed by atoms with Crippen LogP contribution < -0.4 is 5.32 Å². The van der Waals surface area contributed by atoms with Gasteiger partial charge in [-0.05, 0) is 25.7 Å². The molecule has 1 N–H and O–H groups in total. The molecule has 0 aromatic rings. The lowest BCUT2D eigenvalue weighted by Gasteiger charge is -2.42. The minimum Gasteiger partial charge on any atom is -0.322 e. The fraction of sp³-hybridized carbons (Fsp3) is 1.00. The summed E-state index contributed by atoms with van der Waals surface area (Å²) >= 11 is 0. The van der Waals surface area contributed by atoms with E-state index in [1.165, 1.54) is 134 Å². The molecular formula is C22H47N2+. The van der Waals surface area contributed by atoms with Crippen molar-refractivity contribution >= 4 is 0 Å². The van der Waals surface area contributed by atoms with E-state index in [0.29, 0.717) is 0 Å². The standard InChI is InChI=1S/C22H47N2/c1-3-5-7-9-11-13-15-19-24(21-17-23-18-22-24)20-16-14-12-10-8-6-4-2/h23H,3-22H2,1-2H3/q+1. The summed E-state index contributed by atoms with van der Waals surface area (Å²) in [6, 6.07) is 0.